The highest BCUT2D eigenvalue weighted by molar-refractivity contribution is 7.98. The largest absolute Gasteiger partial charge is 0.290 e. The van der Waals surface area contributed by atoms with Crippen molar-refractivity contribution in [1.82, 2.24) is 14.5 Å². The summed E-state index contributed by atoms with van der Waals surface area (Å²) >= 11 is 3.09. The highest BCUT2D eigenvalue weighted by Gasteiger charge is 2.13. The fraction of sp³-hybridized carbons (Fsp3) is 0.105. The lowest BCUT2D eigenvalue weighted by atomic mass is 10.2. The molecule has 0 saturated heterocycles. The number of hydrogen-bond acceptors (Lipinski definition) is 5. The van der Waals surface area contributed by atoms with Gasteiger partial charge in [0.25, 0.3) is 5.56 Å². The molecular formula is C19H15N3OS2. The van der Waals surface area contributed by atoms with Gasteiger partial charge in [0.05, 0.1) is 11.1 Å². The van der Waals surface area contributed by atoms with Crippen LogP contribution in [0.2, 0.25) is 0 Å². The summed E-state index contributed by atoms with van der Waals surface area (Å²) in [5.74, 6) is 0.684. The molecule has 124 valence electrons. The first-order valence-electron chi connectivity index (χ1n) is 7.81. The molecule has 0 amide bonds. The van der Waals surface area contributed by atoms with Gasteiger partial charge in [-0.05, 0) is 23.8 Å². The number of nitrogens with zero attached hydrogens (tertiary/aromatic N) is 3. The summed E-state index contributed by atoms with van der Waals surface area (Å²) in [5.41, 5.74) is 2.07. The van der Waals surface area contributed by atoms with Gasteiger partial charge in [-0.3, -0.25) is 14.3 Å². The van der Waals surface area contributed by atoms with Gasteiger partial charge in [0.1, 0.15) is 4.83 Å². The zero-order chi connectivity index (χ0) is 17.2. The highest BCUT2D eigenvalue weighted by Crippen LogP contribution is 2.32. The standard InChI is InChI=1S/C19H15N3OS2/c1-22-18(23)15-11-16(13-7-3-2-4-8-13)25-17(15)21-19(22)24-12-14-9-5-6-10-20-14/h2-11H,12H2,1H3. The number of rotatable bonds is 4. The van der Waals surface area contributed by atoms with Crippen molar-refractivity contribution in [3.05, 3.63) is 76.8 Å². The minimum atomic E-state index is -0.00745. The van der Waals surface area contributed by atoms with E-state index in [0.717, 1.165) is 21.0 Å². The maximum Gasteiger partial charge on any atom is 0.262 e. The second kappa shape index (κ2) is 6.82. The maximum atomic E-state index is 12.7. The van der Waals surface area contributed by atoms with E-state index in [9.17, 15) is 4.79 Å². The smallest absolute Gasteiger partial charge is 0.262 e. The van der Waals surface area contributed by atoms with Gasteiger partial charge in [-0.2, -0.15) is 0 Å². The van der Waals surface area contributed by atoms with Crippen molar-refractivity contribution in [3.8, 4) is 10.4 Å². The summed E-state index contributed by atoms with van der Waals surface area (Å²) in [5, 5.41) is 1.39. The SMILES string of the molecule is Cn1c(SCc2ccccn2)nc2sc(-c3ccccc3)cc2c1=O. The monoisotopic (exact) mass is 365 g/mol. The normalized spacial score (nSPS) is 11.1. The Morgan fingerprint density at radius 3 is 2.68 bits per heavy atom. The Bertz CT molecular complexity index is 1070. The van der Waals surface area contributed by atoms with E-state index in [1.807, 2.05) is 54.6 Å². The molecule has 0 saturated carbocycles. The van der Waals surface area contributed by atoms with E-state index >= 15 is 0 Å². The molecule has 0 aliphatic heterocycles. The molecule has 0 aliphatic carbocycles. The molecule has 0 aliphatic rings. The van der Waals surface area contributed by atoms with Gasteiger partial charge in [0.15, 0.2) is 5.16 Å². The number of thiophene rings is 1. The molecular weight excluding hydrogens is 350 g/mol. The number of benzene rings is 1. The predicted octanol–water partition coefficient (Wildman–Crippen LogP) is 4.35. The molecule has 0 radical (unpaired) electrons. The molecule has 4 rings (SSSR count). The van der Waals surface area contributed by atoms with Crippen molar-refractivity contribution in [2.24, 2.45) is 7.05 Å². The molecule has 6 heteroatoms. The Morgan fingerprint density at radius 2 is 1.92 bits per heavy atom. The molecule has 0 atom stereocenters. The number of pyridine rings is 1. The van der Waals surface area contributed by atoms with Gasteiger partial charge in [0, 0.05) is 23.9 Å². The first-order chi connectivity index (χ1) is 12.2. The van der Waals surface area contributed by atoms with Crippen molar-refractivity contribution >= 4 is 33.3 Å². The lowest BCUT2D eigenvalue weighted by Gasteiger charge is -2.06. The van der Waals surface area contributed by atoms with Crippen LogP contribution in [0.15, 0.2) is 70.7 Å². The Labute approximate surface area is 153 Å². The van der Waals surface area contributed by atoms with Gasteiger partial charge in [-0.15, -0.1) is 11.3 Å². The third-order valence-electron chi connectivity index (χ3n) is 3.87. The van der Waals surface area contributed by atoms with E-state index in [1.54, 1.807) is 29.1 Å². The van der Waals surface area contributed by atoms with Crippen LogP contribution in [0.25, 0.3) is 20.7 Å². The van der Waals surface area contributed by atoms with Crippen molar-refractivity contribution in [3.63, 3.8) is 0 Å². The van der Waals surface area contributed by atoms with Crippen LogP contribution >= 0.6 is 23.1 Å². The van der Waals surface area contributed by atoms with Crippen LogP contribution in [0, 0.1) is 0 Å². The van der Waals surface area contributed by atoms with Crippen molar-refractivity contribution in [2.45, 2.75) is 10.9 Å². The van der Waals surface area contributed by atoms with E-state index in [2.05, 4.69) is 4.98 Å². The molecule has 0 bridgehead atoms. The quantitative estimate of drug-likeness (QED) is 0.398. The fourth-order valence-corrected chi connectivity index (χ4v) is 4.51. The summed E-state index contributed by atoms with van der Waals surface area (Å²) in [7, 11) is 1.77. The molecule has 0 fully saturated rings. The van der Waals surface area contributed by atoms with E-state index in [-0.39, 0.29) is 5.56 Å². The van der Waals surface area contributed by atoms with Gasteiger partial charge >= 0.3 is 0 Å². The molecule has 3 heterocycles. The highest BCUT2D eigenvalue weighted by atomic mass is 32.2. The van der Waals surface area contributed by atoms with Gasteiger partial charge in [-0.1, -0.05) is 48.2 Å². The molecule has 0 spiro atoms. The molecule has 4 nitrogen and oxygen atoms in total. The van der Waals surface area contributed by atoms with Crippen LogP contribution in [0.1, 0.15) is 5.69 Å². The fourth-order valence-electron chi connectivity index (χ4n) is 2.54. The van der Waals surface area contributed by atoms with E-state index in [0.29, 0.717) is 16.3 Å². The van der Waals surface area contributed by atoms with Crippen molar-refractivity contribution in [2.75, 3.05) is 0 Å². The van der Waals surface area contributed by atoms with Crippen molar-refractivity contribution < 1.29 is 0 Å². The molecule has 1 aromatic carbocycles. The summed E-state index contributed by atoms with van der Waals surface area (Å²) in [6.07, 6.45) is 1.77. The van der Waals surface area contributed by atoms with E-state index < -0.39 is 0 Å². The minimum Gasteiger partial charge on any atom is -0.290 e. The molecule has 0 N–H and O–H groups in total. The summed E-state index contributed by atoms with van der Waals surface area (Å²) in [6, 6.07) is 17.9. The Balaban J connectivity index is 1.71. The zero-order valence-corrected chi connectivity index (χ0v) is 15.2. The van der Waals surface area contributed by atoms with Crippen LogP contribution in [0.4, 0.5) is 0 Å². The molecule has 4 aromatic rings. The second-order valence-electron chi connectivity index (χ2n) is 5.56. The Morgan fingerprint density at radius 1 is 1.12 bits per heavy atom. The topological polar surface area (TPSA) is 47.8 Å². The second-order valence-corrected chi connectivity index (χ2v) is 7.54. The lowest BCUT2D eigenvalue weighted by Crippen LogP contribution is -2.19. The minimum absolute atomic E-state index is 0.00745. The van der Waals surface area contributed by atoms with E-state index in [1.165, 1.54) is 11.8 Å². The summed E-state index contributed by atoms with van der Waals surface area (Å²) in [4.78, 5) is 23.6. The van der Waals surface area contributed by atoms with E-state index in [4.69, 9.17) is 4.98 Å². The van der Waals surface area contributed by atoms with Gasteiger partial charge < -0.3 is 0 Å². The number of aromatic nitrogens is 3. The van der Waals surface area contributed by atoms with Gasteiger partial charge in [-0.25, -0.2) is 4.98 Å². The summed E-state index contributed by atoms with van der Waals surface area (Å²) < 4.78 is 1.62. The van der Waals surface area contributed by atoms with Crippen molar-refractivity contribution in [1.29, 1.82) is 0 Å². The summed E-state index contributed by atoms with van der Waals surface area (Å²) in [6.45, 7) is 0. The maximum absolute atomic E-state index is 12.7. The first-order valence-corrected chi connectivity index (χ1v) is 9.61. The third-order valence-corrected chi connectivity index (χ3v) is 6.01. The Kier molecular flexibility index (Phi) is 4.38. The average molecular weight is 365 g/mol. The zero-order valence-electron chi connectivity index (χ0n) is 13.5. The third kappa shape index (κ3) is 3.23. The molecule has 3 aromatic heterocycles. The van der Waals surface area contributed by atoms with Crippen LogP contribution < -0.4 is 5.56 Å². The van der Waals surface area contributed by atoms with Gasteiger partial charge in [0.2, 0.25) is 0 Å². The lowest BCUT2D eigenvalue weighted by molar-refractivity contribution is 0.728. The number of hydrogen-bond donors (Lipinski definition) is 0. The molecule has 0 unspecified atom stereocenters. The van der Waals surface area contributed by atoms with Crippen LogP contribution in [0.3, 0.4) is 0 Å². The number of thioether (sulfide) groups is 1. The average Bonchev–Trinajstić information content (AvgIpc) is 3.09. The first kappa shape index (κ1) is 16.1. The van der Waals surface area contributed by atoms with Crippen LogP contribution in [-0.2, 0) is 12.8 Å². The Hall–Kier alpha value is -2.44. The van der Waals surface area contributed by atoms with Crippen LogP contribution in [0.5, 0.6) is 0 Å². The predicted molar refractivity (Wildman–Crippen MR) is 104 cm³/mol. The molecule has 25 heavy (non-hydrogen) atoms. The number of fused-ring (bicyclic) bond motifs is 1. The van der Waals surface area contributed by atoms with Crippen LogP contribution in [-0.4, -0.2) is 14.5 Å².